The number of nitrogens with one attached hydrogen (secondary N) is 2. The van der Waals surface area contributed by atoms with Gasteiger partial charge >= 0.3 is 0 Å². The third kappa shape index (κ3) is 5.82. The number of aryl methyl sites for hydroxylation is 2. The highest BCUT2D eigenvalue weighted by Gasteiger charge is 2.29. The third-order valence-electron chi connectivity index (χ3n) is 5.09. The molecule has 1 aliphatic carbocycles. The Balaban J connectivity index is 1.39. The molecular weight excluding hydrogens is 422 g/mol. The highest BCUT2D eigenvalue weighted by Crippen LogP contribution is 2.31. The van der Waals surface area contributed by atoms with Gasteiger partial charge in [-0.2, -0.15) is 0 Å². The first-order valence-corrected chi connectivity index (χ1v) is 11.4. The lowest BCUT2D eigenvalue weighted by Crippen LogP contribution is -2.14. The fourth-order valence-electron chi connectivity index (χ4n) is 3.14. The normalized spacial score (nSPS) is 13.2. The topological polar surface area (TPSA) is 80.3 Å². The van der Waals surface area contributed by atoms with Crippen LogP contribution in [0.2, 0.25) is 0 Å². The van der Waals surface area contributed by atoms with Gasteiger partial charge in [0.25, 0.3) is 0 Å². The minimum absolute atomic E-state index is 0.0374. The number of ether oxygens (including phenoxy) is 1. The first kappa shape index (κ1) is 21.8. The van der Waals surface area contributed by atoms with E-state index in [1.807, 2.05) is 55.6 Å². The molecule has 7 heteroatoms. The molecule has 1 heterocycles. The van der Waals surface area contributed by atoms with Gasteiger partial charge in [-0.25, -0.2) is 4.98 Å². The SMILES string of the molecule is Cc1nc(COc2ccccc2/C=C/C(=O)Nc2cc(NC(=O)C3CC3)ccc2C)cs1. The van der Waals surface area contributed by atoms with Crippen LogP contribution in [-0.2, 0) is 16.2 Å². The van der Waals surface area contributed by atoms with Crippen molar-refractivity contribution >= 4 is 40.6 Å². The molecule has 0 saturated heterocycles. The lowest BCUT2D eigenvalue weighted by atomic mass is 10.1. The first-order valence-electron chi connectivity index (χ1n) is 10.5. The van der Waals surface area contributed by atoms with Crippen LogP contribution in [-0.4, -0.2) is 16.8 Å². The average Bonchev–Trinajstić information content (AvgIpc) is 3.55. The molecule has 0 radical (unpaired) electrons. The van der Waals surface area contributed by atoms with Gasteiger partial charge in [-0.3, -0.25) is 9.59 Å². The molecule has 0 spiro atoms. The largest absolute Gasteiger partial charge is 0.487 e. The third-order valence-corrected chi connectivity index (χ3v) is 5.91. The van der Waals surface area contributed by atoms with Crippen LogP contribution >= 0.6 is 11.3 Å². The number of carbonyl (C=O) groups is 2. The van der Waals surface area contributed by atoms with E-state index in [1.54, 1.807) is 23.5 Å². The standard InChI is InChI=1S/C25H25N3O3S/c1-16-7-11-20(27-25(30)19-8-9-19)13-22(16)28-24(29)12-10-18-5-3-4-6-23(18)31-14-21-15-32-17(2)26-21/h3-7,10-13,15,19H,8-9,14H2,1-2H3,(H,27,30)(H,28,29)/b12-10+. The molecule has 0 atom stereocenters. The van der Waals surface area contributed by atoms with Crippen molar-refractivity contribution < 1.29 is 14.3 Å². The van der Waals surface area contributed by atoms with Crippen molar-refractivity contribution in [2.75, 3.05) is 10.6 Å². The van der Waals surface area contributed by atoms with E-state index in [9.17, 15) is 9.59 Å². The van der Waals surface area contributed by atoms with Crippen molar-refractivity contribution in [3.8, 4) is 5.75 Å². The van der Waals surface area contributed by atoms with Gasteiger partial charge in [0.15, 0.2) is 0 Å². The number of para-hydroxylation sites is 1. The lowest BCUT2D eigenvalue weighted by Gasteiger charge is -2.11. The number of anilines is 2. The Morgan fingerprint density at radius 3 is 2.72 bits per heavy atom. The van der Waals surface area contributed by atoms with Crippen molar-refractivity contribution in [2.24, 2.45) is 5.92 Å². The Bertz CT molecular complexity index is 1160. The van der Waals surface area contributed by atoms with E-state index in [-0.39, 0.29) is 17.7 Å². The number of hydrogen-bond donors (Lipinski definition) is 2. The molecule has 164 valence electrons. The summed E-state index contributed by atoms with van der Waals surface area (Å²) in [5, 5.41) is 8.78. The zero-order chi connectivity index (χ0) is 22.5. The van der Waals surface area contributed by atoms with Crippen LogP contribution in [0.5, 0.6) is 5.75 Å². The number of aromatic nitrogens is 1. The molecular formula is C25H25N3O3S. The van der Waals surface area contributed by atoms with Crippen molar-refractivity contribution in [2.45, 2.75) is 33.3 Å². The lowest BCUT2D eigenvalue weighted by molar-refractivity contribution is -0.117. The Labute approximate surface area is 191 Å². The smallest absolute Gasteiger partial charge is 0.248 e. The molecule has 32 heavy (non-hydrogen) atoms. The maximum absolute atomic E-state index is 12.5. The first-order chi connectivity index (χ1) is 15.5. The molecule has 2 N–H and O–H groups in total. The minimum atomic E-state index is -0.260. The molecule has 4 rings (SSSR count). The highest BCUT2D eigenvalue weighted by atomic mass is 32.1. The molecule has 2 amide bonds. The molecule has 3 aromatic rings. The Morgan fingerprint density at radius 1 is 1.16 bits per heavy atom. The van der Waals surface area contributed by atoms with Crippen LogP contribution in [0.15, 0.2) is 53.9 Å². The number of rotatable bonds is 8. The molecule has 1 fully saturated rings. The van der Waals surface area contributed by atoms with Gasteiger partial charge in [0, 0.05) is 34.3 Å². The predicted molar refractivity (Wildman–Crippen MR) is 128 cm³/mol. The van der Waals surface area contributed by atoms with Crippen LogP contribution < -0.4 is 15.4 Å². The highest BCUT2D eigenvalue weighted by molar-refractivity contribution is 7.09. The second-order valence-corrected chi connectivity index (χ2v) is 8.86. The van der Waals surface area contributed by atoms with Crippen LogP contribution in [0.25, 0.3) is 6.08 Å². The number of nitrogens with zero attached hydrogens (tertiary/aromatic N) is 1. The summed E-state index contributed by atoms with van der Waals surface area (Å²) in [6.45, 7) is 4.25. The van der Waals surface area contributed by atoms with Crippen molar-refractivity contribution in [1.82, 2.24) is 4.98 Å². The number of amides is 2. The molecule has 6 nitrogen and oxygen atoms in total. The Hall–Kier alpha value is -3.45. The van der Waals surface area contributed by atoms with E-state index >= 15 is 0 Å². The molecule has 0 bridgehead atoms. The number of benzene rings is 2. The summed E-state index contributed by atoms with van der Waals surface area (Å²) < 4.78 is 5.90. The predicted octanol–water partition coefficient (Wildman–Crippen LogP) is 5.34. The zero-order valence-corrected chi connectivity index (χ0v) is 18.9. The van der Waals surface area contributed by atoms with E-state index in [2.05, 4.69) is 15.6 Å². The van der Waals surface area contributed by atoms with E-state index < -0.39 is 0 Å². The summed E-state index contributed by atoms with van der Waals surface area (Å²) in [4.78, 5) is 29.0. The van der Waals surface area contributed by atoms with Crippen molar-refractivity contribution in [3.05, 3.63) is 75.7 Å². The van der Waals surface area contributed by atoms with Gasteiger partial charge in [-0.15, -0.1) is 11.3 Å². The Kier molecular flexibility index (Phi) is 6.66. The Morgan fingerprint density at radius 2 is 1.97 bits per heavy atom. The average molecular weight is 448 g/mol. The fraction of sp³-hybridized carbons (Fsp3) is 0.240. The van der Waals surface area contributed by atoms with Gasteiger partial charge in [0.2, 0.25) is 11.8 Å². The van der Waals surface area contributed by atoms with E-state index in [0.717, 1.165) is 34.7 Å². The van der Waals surface area contributed by atoms with Gasteiger partial charge in [0.05, 0.1) is 10.7 Å². The van der Waals surface area contributed by atoms with Crippen molar-refractivity contribution in [3.63, 3.8) is 0 Å². The van der Waals surface area contributed by atoms with Gasteiger partial charge in [-0.1, -0.05) is 24.3 Å². The van der Waals surface area contributed by atoms with E-state index in [4.69, 9.17) is 4.74 Å². The fourth-order valence-corrected chi connectivity index (χ4v) is 3.74. The summed E-state index contributed by atoms with van der Waals surface area (Å²) in [7, 11) is 0. The molecule has 0 unspecified atom stereocenters. The van der Waals surface area contributed by atoms with Crippen LogP contribution in [0.3, 0.4) is 0 Å². The second-order valence-electron chi connectivity index (χ2n) is 7.80. The maximum atomic E-state index is 12.5. The summed E-state index contributed by atoms with van der Waals surface area (Å²) in [6, 6.07) is 13.1. The molecule has 2 aromatic carbocycles. The second kappa shape index (κ2) is 9.78. The minimum Gasteiger partial charge on any atom is -0.487 e. The van der Waals surface area contributed by atoms with Crippen LogP contribution in [0, 0.1) is 19.8 Å². The monoisotopic (exact) mass is 447 g/mol. The summed E-state index contributed by atoms with van der Waals surface area (Å²) in [6.07, 6.45) is 5.09. The van der Waals surface area contributed by atoms with E-state index in [0.29, 0.717) is 23.7 Å². The summed E-state index contributed by atoms with van der Waals surface area (Å²) >= 11 is 1.59. The molecule has 1 aromatic heterocycles. The molecule has 0 aliphatic heterocycles. The van der Waals surface area contributed by atoms with Crippen molar-refractivity contribution in [1.29, 1.82) is 0 Å². The summed E-state index contributed by atoms with van der Waals surface area (Å²) in [5.41, 5.74) is 3.95. The maximum Gasteiger partial charge on any atom is 0.248 e. The van der Waals surface area contributed by atoms with Gasteiger partial charge < -0.3 is 15.4 Å². The number of thiazole rings is 1. The van der Waals surface area contributed by atoms with Crippen LogP contribution in [0.4, 0.5) is 11.4 Å². The molecule has 1 saturated carbocycles. The van der Waals surface area contributed by atoms with Gasteiger partial charge in [0.1, 0.15) is 12.4 Å². The van der Waals surface area contributed by atoms with Crippen LogP contribution in [0.1, 0.15) is 34.7 Å². The summed E-state index contributed by atoms with van der Waals surface area (Å²) in [5.74, 6) is 0.585. The van der Waals surface area contributed by atoms with E-state index in [1.165, 1.54) is 6.08 Å². The zero-order valence-electron chi connectivity index (χ0n) is 18.1. The quantitative estimate of drug-likeness (QED) is 0.457. The number of carbonyl (C=O) groups excluding carboxylic acids is 2. The number of hydrogen-bond acceptors (Lipinski definition) is 5. The molecule has 1 aliphatic rings. The van der Waals surface area contributed by atoms with Gasteiger partial charge in [-0.05, 0) is 56.5 Å².